The van der Waals surface area contributed by atoms with Crippen molar-refractivity contribution in [1.29, 1.82) is 0 Å². The molecule has 0 aliphatic heterocycles. The van der Waals surface area contributed by atoms with Gasteiger partial charge in [-0.15, -0.1) is 0 Å². The lowest BCUT2D eigenvalue weighted by atomic mass is 10.0. The highest BCUT2D eigenvalue weighted by Crippen LogP contribution is 2.17. The number of esters is 2. The molecule has 0 aliphatic rings. The number of hydrogen-bond donors (Lipinski definition) is 0. The van der Waals surface area contributed by atoms with Crippen LogP contribution < -0.4 is 0 Å². The van der Waals surface area contributed by atoms with Gasteiger partial charge in [-0.05, 0) is 44.9 Å². The molecule has 1 atom stereocenters. The van der Waals surface area contributed by atoms with Gasteiger partial charge in [0.2, 0.25) is 0 Å². The van der Waals surface area contributed by atoms with Crippen molar-refractivity contribution < 1.29 is 23.8 Å². The molecule has 0 rings (SSSR count). The highest BCUT2D eigenvalue weighted by atomic mass is 16.6. The molecule has 64 heavy (non-hydrogen) atoms. The third-order valence-corrected chi connectivity index (χ3v) is 13.0. The topological polar surface area (TPSA) is 61.8 Å². The Morgan fingerprint density at radius 3 is 1.09 bits per heavy atom. The van der Waals surface area contributed by atoms with E-state index in [2.05, 4.69) is 45.1 Å². The number of rotatable bonds is 54. The maximum absolute atomic E-state index is 12.8. The molecule has 0 N–H and O–H groups in total. The van der Waals surface area contributed by atoms with E-state index in [1.54, 1.807) is 0 Å². The fraction of sp³-hybridized carbons (Fsp3) is 0.898. The molecule has 0 aromatic carbocycles. The van der Waals surface area contributed by atoms with Gasteiger partial charge in [-0.2, -0.15) is 0 Å². The molecule has 0 bridgehead atoms. The lowest BCUT2D eigenvalue weighted by Crippen LogP contribution is -2.30. The molecule has 5 heteroatoms. The number of carbonyl (C=O) groups is 2. The molecule has 0 aromatic heterocycles. The Balaban J connectivity index is 4.19. The SMILES string of the molecule is CCC/C=C\C/C=C\CCCCCCCC(=O)OC(COCCCCCCCCCCCCCCCCCCCC)COC(=O)CCCCCCCCCCCCCCCCCCC. The normalized spacial score (nSPS) is 12.2. The van der Waals surface area contributed by atoms with Crippen molar-refractivity contribution in [2.75, 3.05) is 19.8 Å². The van der Waals surface area contributed by atoms with Gasteiger partial charge < -0.3 is 14.2 Å². The largest absolute Gasteiger partial charge is 0.462 e. The van der Waals surface area contributed by atoms with Crippen LogP contribution in [-0.4, -0.2) is 37.9 Å². The summed E-state index contributed by atoms with van der Waals surface area (Å²) in [7, 11) is 0. The number of ether oxygens (including phenoxy) is 3. The minimum absolute atomic E-state index is 0.0879. The molecule has 0 aromatic rings. The van der Waals surface area contributed by atoms with Gasteiger partial charge in [0, 0.05) is 19.4 Å². The second-order valence-corrected chi connectivity index (χ2v) is 19.6. The first-order valence-corrected chi connectivity index (χ1v) is 28.9. The predicted octanol–water partition coefficient (Wildman–Crippen LogP) is 19.6. The maximum atomic E-state index is 12.8. The highest BCUT2D eigenvalue weighted by Gasteiger charge is 2.17. The number of carbonyl (C=O) groups excluding carboxylic acids is 2. The van der Waals surface area contributed by atoms with Gasteiger partial charge in [-0.25, -0.2) is 0 Å². The van der Waals surface area contributed by atoms with E-state index in [0.717, 1.165) is 51.4 Å². The van der Waals surface area contributed by atoms with Crippen molar-refractivity contribution in [2.24, 2.45) is 0 Å². The van der Waals surface area contributed by atoms with Gasteiger partial charge >= 0.3 is 11.9 Å². The van der Waals surface area contributed by atoms with Crippen LogP contribution in [0.1, 0.15) is 316 Å². The van der Waals surface area contributed by atoms with Gasteiger partial charge in [0.15, 0.2) is 6.10 Å². The minimum Gasteiger partial charge on any atom is -0.462 e. The molecule has 0 spiro atoms. The molecule has 5 nitrogen and oxygen atoms in total. The van der Waals surface area contributed by atoms with Crippen LogP contribution >= 0.6 is 0 Å². The summed E-state index contributed by atoms with van der Waals surface area (Å²) in [5.74, 6) is -0.390. The molecule has 0 saturated heterocycles. The van der Waals surface area contributed by atoms with E-state index in [-0.39, 0.29) is 18.5 Å². The minimum atomic E-state index is -0.536. The van der Waals surface area contributed by atoms with Gasteiger partial charge in [-0.1, -0.05) is 283 Å². The summed E-state index contributed by atoms with van der Waals surface area (Å²) in [6.07, 6.45) is 66.3. The zero-order valence-electron chi connectivity index (χ0n) is 43.6. The molecule has 0 fully saturated rings. The molecule has 0 radical (unpaired) electrons. The molecule has 378 valence electrons. The standard InChI is InChI=1S/C59H112O5/c1-4-7-10-13-16-19-22-25-27-29-31-33-36-39-42-45-48-51-54-62-55-57(64-59(61)53-50-47-44-41-38-34-24-21-18-15-12-9-6-3)56-63-58(60)52-49-46-43-40-37-35-32-30-28-26-23-20-17-14-11-8-5-2/h12,15,21,24,57H,4-11,13-14,16-20,22-23,25-56H2,1-3H3/b15-12-,24-21-. The first-order chi connectivity index (χ1) is 31.6. The van der Waals surface area contributed by atoms with E-state index < -0.39 is 6.10 Å². The van der Waals surface area contributed by atoms with Crippen LogP contribution in [0.25, 0.3) is 0 Å². The predicted molar refractivity (Wildman–Crippen MR) is 279 cm³/mol. The summed E-state index contributed by atoms with van der Waals surface area (Å²) in [5.41, 5.74) is 0. The van der Waals surface area contributed by atoms with Gasteiger partial charge in [0.05, 0.1) is 6.61 Å². The number of unbranched alkanes of at least 4 members (excludes halogenated alkanes) is 39. The van der Waals surface area contributed by atoms with E-state index >= 15 is 0 Å². The fourth-order valence-electron chi connectivity index (χ4n) is 8.67. The molecule has 1 unspecified atom stereocenters. The Morgan fingerprint density at radius 2 is 0.688 bits per heavy atom. The average molecular weight is 902 g/mol. The first kappa shape index (κ1) is 62.4. The zero-order valence-corrected chi connectivity index (χ0v) is 43.6. The Hall–Kier alpha value is -1.62. The fourth-order valence-corrected chi connectivity index (χ4v) is 8.67. The van der Waals surface area contributed by atoms with Gasteiger partial charge in [0.25, 0.3) is 0 Å². The van der Waals surface area contributed by atoms with E-state index in [4.69, 9.17) is 14.2 Å². The molecule has 0 amide bonds. The van der Waals surface area contributed by atoms with Crippen LogP contribution in [0.4, 0.5) is 0 Å². The van der Waals surface area contributed by atoms with Crippen LogP contribution in [0.3, 0.4) is 0 Å². The Labute approximate surface area is 400 Å². The van der Waals surface area contributed by atoms with Gasteiger partial charge in [0.1, 0.15) is 6.61 Å². The van der Waals surface area contributed by atoms with Gasteiger partial charge in [-0.3, -0.25) is 9.59 Å². The second-order valence-electron chi connectivity index (χ2n) is 19.6. The monoisotopic (exact) mass is 901 g/mol. The summed E-state index contributed by atoms with van der Waals surface area (Å²) in [6, 6.07) is 0. The number of hydrogen-bond acceptors (Lipinski definition) is 5. The summed E-state index contributed by atoms with van der Waals surface area (Å²) in [4.78, 5) is 25.5. The van der Waals surface area contributed by atoms with Crippen molar-refractivity contribution in [3.8, 4) is 0 Å². The van der Waals surface area contributed by atoms with Crippen LogP contribution in [-0.2, 0) is 23.8 Å². The Morgan fingerprint density at radius 1 is 0.344 bits per heavy atom. The molecule has 0 aliphatic carbocycles. The smallest absolute Gasteiger partial charge is 0.306 e. The van der Waals surface area contributed by atoms with E-state index in [9.17, 15) is 9.59 Å². The lowest BCUT2D eigenvalue weighted by Gasteiger charge is -2.18. The molecule has 0 heterocycles. The van der Waals surface area contributed by atoms with Crippen molar-refractivity contribution in [1.82, 2.24) is 0 Å². The van der Waals surface area contributed by atoms with E-state index in [1.165, 1.54) is 231 Å². The van der Waals surface area contributed by atoms with E-state index in [1.807, 2.05) is 0 Å². The number of allylic oxidation sites excluding steroid dienone is 4. The lowest BCUT2D eigenvalue weighted by molar-refractivity contribution is -0.163. The third kappa shape index (κ3) is 53.0. The van der Waals surface area contributed by atoms with Crippen LogP contribution in [0.15, 0.2) is 24.3 Å². The highest BCUT2D eigenvalue weighted by molar-refractivity contribution is 5.70. The quantitative estimate of drug-likeness (QED) is 0.0346. The molecule has 0 saturated carbocycles. The Kier molecular flexibility index (Phi) is 54.3. The zero-order chi connectivity index (χ0) is 46.3. The van der Waals surface area contributed by atoms with Crippen molar-refractivity contribution in [3.05, 3.63) is 24.3 Å². The summed E-state index contributed by atoms with van der Waals surface area (Å²) in [5, 5.41) is 0. The van der Waals surface area contributed by atoms with Crippen molar-refractivity contribution >= 4 is 11.9 Å². The van der Waals surface area contributed by atoms with Crippen LogP contribution in [0, 0.1) is 0 Å². The second kappa shape index (κ2) is 55.7. The van der Waals surface area contributed by atoms with Crippen molar-refractivity contribution in [2.45, 2.75) is 322 Å². The van der Waals surface area contributed by atoms with Crippen LogP contribution in [0.2, 0.25) is 0 Å². The average Bonchev–Trinajstić information content (AvgIpc) is 3.30. The Bertz CT molecular complexity index is 974. The van der Waals surface area contributed by atoms with Crippen LogP contribution in [0.5, 0.6) is 0 Å². The summed E-state index contributed by atoms with van der Waals surface area (Å²) >= 11 is 0. The summed E-state index contributed by atoms with van der Waals surface area (Å²) in [6.45, 7) is 7.83. The third-order valence-electron chi connectivity index (χ3n) is 13.0. The first-order valence-electron chi connectivity index (χ1n) is 28.9. The molecular weight excluding hydrogens is 789 g/mol. The van der Waals surface area contributed by atoms with Crippen molar-refractivity contribution in [3.63, 3.8) is 0 Å². The molecular formula is C59H112O5. The van der Waals surface area contributed by atoms with E-state index in [0.29, 0.717) is 26.1 Å². The maximum Gasteiger partial charge on any atom is 0.306 e. The summed E-state index contributed by atoms with van der Waals surface area (Å²) < 4.78 is 17.5.